The third kappa shape index (κ3) is 7.70. The molecule has 39 heavy (non-hydrogen) atoms. The van der Waals surface area contributed by atoms with Crippen molar-refractivity contribution >= 4 is 25.1 Å². The number of amides is 2. The quantitative estimate of drug-likeness (QED) is 0.171. The highest BCUT2D eigenvalue weighted by molar-refractivity contribution is 7.53. The van der Waals surface area contributed by atoms with Crippen LogP contribution in [0.25, 0.3) is 0 Å². The van der Waals surface area contributed by atoms with E-state index < -0.39 is 67.8 Å². The first-order valence-electron chi connectivity index (χ1n) is 12.0. The number of ether oxygens (including phenoxy) is 1. The summed E-state index contributed by atoms with van der Waals surface area (Å²) < 4.78 is 29.3. The first-order chi connectivity index (χ1) is 18.5. The fourth-order valence-electron chi connectivity index (χ4n) is 3.87. The Balaban J connectivity index is 1.53. The van der Waals surface area contributed by atoms with Crippen molar-refractivity contribution in [3.05, 3.63) is 62.9 Å². The molecule has 16 heteroatoms. The van der Waals surface area contributed by atoms with Gasteiger partial charge in [-0.3, -0.25) is 28.5 Å². The molecule has 0 aliphatic carbocycles. The number of hydrogen-bond acceptors (Lipinski definition) is 11. The van der Waals surface area contributed by atoms with Crippen molar-refractivity contribution in [2.75, 3.05) is 25.1 Å². The molecule has 0 radical (unpaired) electrons. The number of aliphatic hydroxyl groups excluding tert-OH is 3. The highest BCUT2D eigenvalue weighted by Gasteiger charge is 2.49. The lowest BCUT2D eigenvalue weighted by molar-refractivity contribution is -0.144. The van der Waals surface area contributed by atoms with Gasteiger partial charge < -0.3 is 39.7 Å². The van der Waals surface area contributed by atoms with Gasteiger partial charge in [0.1, 0.15) is 18.3 Å². The summed E-state index contributed by atoms with van der Waals surface area (Å²) in [7, 11) is -3.29. The van der Waals surface area contributed by atoms with Crippen LogP contribution < -0.4 is 21.9 Å². The van der Waals surface area contributed by atoms with E-state index in [1.807, 2.05) is 4.98 Å². The van der Waals surface area contributed by atoms with E-state index in [1.54, 1.807) is 38.1 Å². The van der Waals surface area contributed by atoms with E-state index in [0.29, 0.717) is 11.3 Å². The first kappa shape index (κ1) is 30.4. The van der Waals surface area contributed by atoms with Crippen LogP contribution in [0.4, 0.5) is 5.69 Å². The maximum absolute atomic E-state index is 12.7. The molecule has 1 aliphatic rings. The van der Waals surface area contributed by atoms with Gasteiger partial charge in [0.15, 0.2) is 12.3 Å². The molecule has 0 bridgehead atoms. The highest BCUT2D eigenvalue weighted by atomic mass is 31.2. The van der Waals surface area contributed by atoms with Gasteiger partial charge in [0.2, 0.25) is 5.91 Å². The van der Waals surface area contributed by atoms with E-state index in [4.69, 9.17) is 13.8 Å². The van der Waals surface area contributed by atoms with Crippen LogP contribution in [0.15, 0.2) is 46.1 Å². The van der Waals surface area contributed by atoms with Crippen molar-refractivity contribution in [1.29, 1.82) is 0 Å². The third-order valence-corrected chi connectivity index (χ3v) is 7.72. The zero-order valence-corrected chi connectivity index (χ0v) is 22.1. The van der Waals surface area contributed by atoms with Crippen LogP contribution >= 0.6 is 7.60 Å². The highest BCUT2D eigenvalue weighted by Crippen LogP contribution is 2.51. The number of anilines is 1. The van der Waals surface area contributed by atoms with Crippen LogP contribution in [0.2, 0.25) is 0 Å². The first-order valence-corrected chi connectivity index (χ1v) is 13.8. The number of aliphatic hydroxyl groups is 3. The van der Waals surface area contributed by atoms with Crippen molar-refractivity contribution < 1.29 is 43.3 Å². The van der Waals surface area contributed by atoms with Gasteiger partial charge in [-0.2, -0.15) is 0 Å². The molecule has 1 fully saturated rings. The average molecular weight is 570 g/mol. The molecule has 1 unspecified atom stereocenters. The number of benzene rings is 1. The number of nitrogens with zero attached hydrogens (tertiary/aromatic N) is 1. The minimum atomic E-state index is -3.29. The Morgan fingerprint density at radius 2 is 1.74 bits per heavy atom. The van der Waals surface area contributed by atoms with Gasteiger partial charge in [-0.25, -0.2) is 4.79 Å². The summed E-state index contributed by atoms with van der Waals surface area (Å²) in [5.74, 6) is -1.71. The van der Waals surface area contributed by atoms with Gasteiger partial charge in [0.25, 0.3) is 11.5 Å². The maximum atomic E-state index is 12.7. The van der Waals surface area contributed by atoms with Gasteiger partial charge in [-0.1, -0.05) is 12.1 Å². The summed E-state index contributed by atoms with van der Waals surface area (Å²) in [6, 6.07) is 7.39. The van der Waals surface area contributed by atoms with Crippen molar-refractivity contribution in [2.24, 2.45) is 0 Å². The number of carbonyl (C=O) groups excluding carboxylic acids is 2. The average Bonchev–Trinajstić information content (AvgIpc) is 3.17. The van der Waals surface area contributed by atoms with Crippen LogP contribution in [0.1, 0.15) is 25.6 Å². The molecule has 0 spiro atoms. The molecule has 0 saturated carbocycles. The number of aromatic amines is 1. The number of aromatic nitrogens is 2. The molecule has 1 aliphatic heterocycles. The van der Waals surface area contributed by atoms with Gasteiger partial charge in [0.05, 0.1) is 25.9 Å². The van der Waals surface area contributed by atoms with E-state index in [1.165, 1.54) is 0 Å². The van der Waals surface area contributed by atoms with E-state index in [9.17, 15) is 39.1 Å². The molecular weight excluding hydrogens is 539 g/mol. The molecule has 5 atom stereocenters. The SMILES string of the molecule is CCOP(=O)(Cc1ccc(NC(=O)CNC(=O)C(O)[C@H]2O[C@@H](n3ccc(=O)[nH]c3=O)[C@H](O)[C@@H]2O)cc1)OCC. The van der Waals surface area contributed by atoms with Crippen molar-refractivity contribution in [1.82, 2.24) is 14.9 Å². The van der Waals surface area contributed by atoms with E-state index >= 15 is 0 Å². The number of carbonyl (C=O) groups is 2. The van der Waals surface area contributed by atoms with E-state index in [0.717, 1.165) is 16.8 Å². The molecule has 1 saturated heterocycles. The summed E-state index contributed by atoms with van der Waals surface area (Å²) in [4.78, 5) is 49.9. The van der Waals surface area contributed by atoms with Gasteiger partial charge in [-0.15, -0.1) is 0 Å². The minimum absolute atomic E-state index is 0.0539. The van der Waals surface area contributed by atoms with Crippen molar-refractivity contribution in [3.8, 4) is 0 Å². The Bertz CT molecular complexity index is 1300. The van der Waals surface area contributed by atoms with Gasteiger partial charge in [0, 0.05) is 18.0 Å². The zero-order valence-electron chi connectivity index (χ0n) is 21.2. The standard InChI is InChI=1S/C23H31N4O11P/c1-3-36-39(35,37-4-2)12-13-5-7-14(8-6-13)25-16(29)11-24-21(33)19(32)20-17(30)18(31)22(38-20)27-10-9-15(28)26-23(27)34/h5-10,17-20,22,30-32H,3-4,11-12H2,1-2H3,(H,24,33)(H,25,29)(H,26,28,34)/t17-,18+,19?,20-,22+/m0/s1. The molecule has 2 heterocycles. The second kappa shape index (κ2) is 13.3. The third-order valence-electron chi connectivity index (χ3n) is 5.67. The topological polar surface area (TPSA) is 219 Å². The monoisotopic (exact) mass is 570 g/mol. The zero-order chi connectivity index (χ0) is 28.7. The summed E-state index contributed by atoms with van der Waals surface area (Å²) in [5, 5.41) is 35.6. The largest absolute Gasteiger partial charge is 0.387 e. The molecule has 6 N–H and O–H groups in total. The predicted molar refractivity (Wildman–Crippen MR) is 136 cm³/mol. The molecule has 3 rings (SSSR count). The molecule has 1 aromatic heterocycles. The summed E-state index contributed by atoms with van der Waals surface area (Å²) >= 11 is 0. The lowest BCUT2D eigenvalue weighted by Gasteiger charge is -2.20. The second-order valence-electron chi connectivity index (χ2n) is 8.50. The van der Waals surface area contributed by atoms with E-state index in [-0.39, 0.29) is 19.4 Å². The van der Waals surface area contributed by atoms with Crippen LogP contribution in [0, 0.1) is 0 Å². The Morgan fingerprint density at radius 3 is 2.33 bits per heavy atom. The number of hydrogen-bond donors (Lipinski definition) is 6. The predicted octanol–water partition coefficient (Wildman–Crippen LogP) is -0.962. The Morgan fingerprint density at radius 1 is 1.10 bits per heavy atom. The molecule has 2 aromatic rings. The van der Waals surface area contributed by atoms with Crippen LogP contribution in [-0.4, -0.2) is 80.9 Å². The smallest absolute Gasteiger partial charge is 0.335 e. The second-order valence-corrected chi connectivity index (χ2v) is 10.6. The summed E-state index contributed by atoms with van der Waals surface area (Å²) in [5.41, 5.74) is -0.577. The van der Waals surface area contributed by atoms with Crippen LogP contribution in [0.3, 0.4) is 0 Å². The lowest BCUT2D eigenvalue weighted by atomic mass is 10.0. The molecular formula is C23H31N4O11P. The molecule has 2 amide bonds. The molecule has 214 valence electrons. The Hall–Kier alpha value is -3.17. The number of nitrogens with one attached hydrogen (secondary N) is 3. The van der Waals surface area contributed by atoms with E-state index in [2.05, 4.69) is 10.6 Å². The molecule has 15 nitrogen and oxygen atoms in total. The van der Waals surface area contributed by atoms with Crippen LogP contribution in [-0.2, 0) is 34.1 Å². The lowest BCUT2D eigenvalue weighted by Crippen LogP contribution is -2.48. The minimum Gasteiger partial charge on any atom is -0.387 e. The Labute approximate surface area is 222 Å². The summed E-state index contributed by atoms with van der Waals surface area (Å²) in [6.45, 7) is 3.34. The van der Waals surface area contributed by atoms with Gasteiger partial charge in [-0.05, 0) is 31.5 Å². The number of H-pyrrole nitrogens is 1. The molecule has 1 aromatic carbocycles. The van der Waals surface area contributed by atoms with Gasteiger partial charge >= 0.3 is 13.3 Å². The normalized spacial score (nSPS) is 21.9. The van der Waals surface area contributed by atoms with Crippen molar-refractivity contribution in [2.45, 2.75) is 50.7 Å². The Kier molecular flexibility index (Phi) is 10.3. The number of rotatable bonds is 12. The fourth-order valence-corrected chi connectivity index (χ4v) is 5.57. The summed E-state index contributed by atoms with van der Waals surface area (Å²) in [6.07, 6.45) is -7.51. The maximum Gasteiger partial charge on any atom is 0.335 e. The fraction of sp³-hybridized carbons (Fsp3) is 0.478. The van der Waals surface area contributed by atoms with Crippen LogP contribution in [0.5, 0.6) is 0 Å². The van der Waals surface area contributed by atoms with Crippen molar-refractivity contribution in [3.63, 3.8) is 0 Å².